The van der Waals surface area contributed by atoms with Crippen LogP contribution in [0.25, 0.3) is 99.5 Å². The highest BCUT2D eigenvalue weighted by molar-refractivity contribution is 6.13. The molecule has 2 heterocycles. The highest BCUT2D eigenvalue weighted by Crippen LogP contribution is 2.45. The van der Waals surface area contributed by atoms with Crippen LogP contribution in [0.4, 0.5) is 13.2 Å². The van der Waals surface area contributed by atoms with Crippen LogP contribution in [0.2, 0.25) is 0 Å². The molecule has 0 spiro atoms. The molecule has 0 unspecified atom stereocenters. The van der Waals surface area contributed by atoms with Crippen molar-refractivity contribution in [2.75, 3.05) is 0 Å². The monoisotopic (exact) mass is 886 g/mol. The van der Waals surface area contributed by atoms with Gasteiger partial charge in [0.25, 0.3) is 0 Å². The summed E-state index contributed by atoms with van der Waals surface area (Å²) in [5, 5.41) is 24.2. The molecule has 0 fully saturated rings. The first-order valence-corrected chi connectivity index (χ1v) is 22.4. The topological polar surface area (TPSA) is 57.4 Å². The molecule has 0 aliphatic heterocycles. The fraction of sp³-hybridized carbons (Fsp3) is 0.0820. The summed E-state index contributed by atoms with van der Waals surface area (Å²) in [7, 11) is 0. The lowest BCUT2D eigenvalue weighted by molar-refractivity contribution is -0.137. The molecular formula is C61H41F3N4. The molecule has 0 N–H and O–H groups in total. The minimum atomic E-state index is -4.74. The average Bonchev–Trinajstić information content (AvgIpc) is 3.85. The van der Waals surface area contributed by atoms with Gasteiger partial charge in [-0.05, 0) is 145 Å². The lowest BCUT2D eigenvalue weighted by Crippen LogP contribution is -2.08. The van der Waals surface area contributed by atoms with E-state index in [2.05, 4.69) is 140 Å². The van der Waals surface area contributed by atoms with Gasteiger partial charge in [0.2, 0.25) is 0 Å². The van der Waals surface area contributed by atoms with E-state index >= 15 is 0 Å². The van der Waals surface area contributed by atoms with Gasteiger partial charge in [-0.1, -0.05) is 114 Å². The van der Waals surface area contributed by atoms with Crippen LogP contribution in [0.15, 0.2) is 176 Å². The van der Waals surface area contributed by atoms with Crippen LogP contribution >= 0.6 is 0 Å². The Kier molecular flexibility index (Phi) is 9.92. The van der Waals surface area contributed by atoms with Gasteiger partial charge in [0, 0.05) is 32.7 Å². The molecule has 0 bridgehead atoms. The van der Waals surface area contributed by atoms with E-state index in [1.165, 1.54) is 34.4 Å². The SMILES string of the molecule is Cc1ccc(-c2ccc3c(c2)c2ccccc2n3-c2ccc(-c3ccc(C#N)cc3C(F)(F)F)cc2-c2ccc(C#N)cc2-n2c3ccccc3c3cc(-c4ccc(C)cc4C)ccc32)c(C)c1. The number of halogens is 3. The number of rotatable bonds is 6. The summed E-state index contributed by atoms with van der Waals surface area (Å²) in [6.45, 7) is 8.42. The highest BCUT2D eigenvalue weighted by Gasteiger charge is 2.34. The standard InChI is InChI=1S/C61H41F3N4/c1-36-13-20-45(38(3)27-36)42-17-24-57-51(31-42)48-9-5-7-11-55(48)67(57)58-26-19-44(47-22-15-40(34-65)29-54(47)61(62,63)64)33-53(58)50-23-16-41(35-66)30-60(50)68-56-12-8-6-10-49(56)52-32-43(18-25-59(52)68)46-21-14-37(2)28-39(46)4/h5-33H,1-4H3. The number of nitriles is 2. The maximum absolute atomic E-state index is 15.0. The van der Waals surface area contributed by atoms with E-state index in [0.717, 1.165) is 77.6 Å². The second kappa shape index (κ2) is 16.0. The molecule has 4 nitrogen and oxygen atoms in total. The van der Waals surface area contributed by atoms with Crippen LogP contribution < -0.4 is 0 Å². The van der Waals surface area contributed by atoms with Crippen LogP contribution in [-0.2, 0) is 6.18 Å². The van der Waals surface area contributed by atoms with Gasteiger partial charge in [0.05, 0.1) is 62.3 Å². The molecule has 9 aromatic carbocycles. The lowest BCUT2D eigenvalue weighted by atomic mass is 9.92. The predicted molar refractivity (Wildman–Crippen MR) is 270 cm³/mol. The van der Waals surface area contributed by atoms with Crippen molar-refractivity contribution in [3.05, 3.63) is 215 Å². The Morgan fingerprint density at radius 2 is 0.838 bits per heavy atom. The Labute approximate surface area is 391 Å². The van der Waals surface area contributed by atoms with Crippen LogP contribution in [0, 0.1) is 50.4 Å². The summed E-state index contributed by atoms with van der Waals surface area (Å²) >= 11 is 0. The van der Waals surface area contributed by atoms with Gasteiger partial charge < -0.3 is 9.13 Å². The van der Waals surface area contributed by atoms with Crippen molar-refractivity contribution >= 4 is 43.6 Å². The molecule has 0 aliphatic rings. The number of fused-ring (bicyclic) bond motifs is 6. The van der Waals surface area contributed by atoms with Crippen molar-refractivity contribution in [2.24, 2.45) is 0 Å². The lowest BCUT2D eigenvalue weighted by Gasteiger charge is -2.21. The highest BCUT2D eigenvalue weighted by atomic mass is 19.4. The molecule has 7 heteroatoms. The maximum atomic E-state index is 15.0. The zero-order valence-corrected chi connectivity index (χ0v) is 37.7. The number of aryl methyl sites for hydroxylation is 4. The molecule has 0 amide bonds. The molecule has 326 valence electrons. The first kappa shape index (κ1) is 42.0. The second-order valence-corrected chi connectivity index (χ2v) is 17.8. The third-order valence-corrected chi connectivity index (χ3v) is 13.4. The van der Waals surface area contributed by atoms with Gasteiger partial charge in [-0.3, -0.25) is 0 Å². The van der Waals surface area contributed by atoms with E-state index < -0.39 is 11.7 Å². The van der Waals surface area contributed by atoms with Crippen LogP contribution in [-0.4, -0.2) is 9.13 Å². The Hall–Kier alpha value is -8.65. The quantitative estimate of drug-likeness (QED) is 0.167. The van der Waals surface area contributed by atoms with Crippen molar-refractivity contribution in [1.82, 2.24) is 9.13 Å². The van der Waals surface area contributed by atoms with Crippen molar-refractivity contribution < 1.29 is 13.2 Å². The van der Waals surface area contributed by atoms with Gasteiger partial charge in [-0.15, -0.1) is 0 Å². The number of aromatic nitrogens is 2. The fourth-order valence-corrected chi connectivity index (χ4v) is 10.3. The van der Waals surface area contributed by atoms with Gasteiger partial charge in [-0.2, -0.15) is 23.7 Å². The maximum Gasteiger partial charge on any atom is 0.417 e. The summed E-state index contributed by atoms with van der Waals surface area (Å²) in [5.41, 5.74) is 15.4. The van der Waals surface area contributed by atoms with Gasteiger partial charge in [-0.25, -0.2) is 0 Å². The molecule has 11 rings (SSSR count). The van der Waals surface area contributed by atoms with E-state index in [1.54, 1.807) is 12.1 Å². The van der Waals surface area contributed by atoms with Crippen molar-refractivity contribution in [2.45, 2.75) is 33.9 Å². The molecule has 11 aromatic rings. The summed E-state index contributed by atoms with van der Waals surface area (Å²) in [4.78, 5) is 0. The van der Waals surface area contributed by atoms with E-state index in [9.17, 15) is 23.7 Å². The Balaban J connectivity index is 1.22. The van der Waals surface area contributed by atoms with Crippen molar-refractivity contribution in [3.8, 4) is 68.0 Å². The van der Waals surface area contributed by atoms with E-state index in [1.807, 2.05) is 54.6 Å². The second-order valence-electron chi connectivity index (χ2n) is 17.8. The first-order chi connectivity index (χ1) is 32.9. The summed E-state index contributed by atoms with van der Waals surface area (Å²) in [6.07, 6.45) is -4.74. The van der Waals surface area contributed by atoms with Gasteiger partial charge in [0.1, 0.15) is 0 Å². The van der Waals surface area contributed by atoms with Crippen molar-refractivity contribution in [1.29, 1.82) is 10.5 Å². The Morgan fingerprint density at radius 3 is 1.37 bits per heavy atom. The third kappa shape index (κ3) is 6.91. The fourth-order valence-electron chi connectivity index (χ4n) is 10.3. The van der Waals surface area contributed by atoms with Crippen LogP contribution in [0.1, 0.15) is 38.9 Å². The number of hydrogen-bond donors (Lipinski definition) is 0. The number of para-hydroxylation sites is 2. The number of benzene rings is 9. The van der Waals surface area contributed by atoms with Crippen LogP contribution in [0.3, 0.4) is 0 Å². The minimum absolute atomic E-state index is 0.0457. The summed E-state index contributed by atoms with van der Waals surface area (Å²) in [6, 6.07) is 61.3. The smallest absolute Gasteiger partial charge is 0.309 e. The Bertz CT molecular complexity index is 3980. The summed E-state index contributed by atoms with van der Waals surface area (Å²) < 4.78 is 49.3. The van der Waals surface area contributed by atoms with E-state index in [-0.39, 0.29) is 11.1 Å². The predicted octanol–water partition coefficient (Wildman–Crippen LogP) is 16.5. The van der Waals surface area contributed by atoms with Gasteiger partial charge >= 0.3 is 6.18 Å². The molecule has 0 aliphatic carbocycles. The minimum Gasteiger partial charge on any atom is -0.309 e. The molecular weight excluding hydrogens is 846 g/mol. The largest absolute Gasteiger partial charge is 0.417 e. The first-order valence-electron chi connectivity index (χ1n) is 22.4. The average molecular weight is 887 g/mol. The summed E-state index contributed by atoms with van der Waals surface area (Å²) in [5.74, 6) is 0. The van der Waals surface area contributed by atoms with Gasteiger partial charge in [0.15, 0.2) is 0 Å². The molecule has 0 atom stereocenters. The molecule has 0 saturated heterocycles. The van der Waals surface area contributed by atoms with Crippen LogP contribution in [0.5, 0.6) is 0 Å². The molecule has 0 radical (unpaired) electrons. The Morgan fingerprint density at radius 1 is 0.382 bits per heavy atom. The van der Waals surface area contributed by atoms with E-state index in [0.29, 0.717) is 27.9 Å². The molecule has 68 heavy (non-hydrogen) atoms. The molecule has 2 aromatic heterocycles. The normalized spacial score (nSPS) is 11.7. The number of hydrogen-bond acceptors (Lipinski definition) is 2. The van der Waals surface area contributed by atoms with E-state index in [4.69, 9.17) is 0 Å². The number of alkyl halides is 3. The zero-order chi connectivity index (χ0) is 47.0. The zero-order valence-electron chi connectivity index (χ0n) is 37.7. The molecule has 0 saturated carbocycles. The third-order valence-electron chi connectivity index (χ3n) is 13.4. The number of nitrogens with zero attached hydrogens (tertiary/aromatic N) is 4. The van der Waals surface area contributed by atoms with Crippen molar-refractivity contribution in [3.63, 3.8) is 0 Å².